The van der Waals surface area contributed by atoms with E-state index in [0.29, 0.717) is 28.9 Å². The first-order valence-corrected chi connectivity index (χ1v) is 12.8. The Bertz CT molecular complexity index is 1100. The molecule has 0 bridgehead atoms. The number of sulfonamides is 1. The molecule has 0 unspecified atom stereocenters. The van der Waals surface area contributed by atoms with Gasteiger partial charge >= 0.3 is 0 Å². The van der Waals surface area contributed by atoms with E-state index in [2.05, 4.69) is 20.3 Å². The van der Waals surface area contributed by atoms with E-state index in [1.54, 1.807) is 18.5 Å². The molecule has 1 N–H and O–H groups in total. The molecule has 1 aliphatic carbocycles. The van der Waals surface area contributed by atoms with E-state index in [4.69, 9.17) is 0 Å². The second kappa shape index (κ2) is 7.62. The Morgan fingerprint density at radius 3 is 2.62 bits per heavy atom. The van der Waals surface area contributed by atoms with Crippen molar-refractivity contribution in [2.24, 2.45) is 0 Å². The van der Waals surface area contributed by atoms with Gasteiger partial charge in [0.2, 0.25) is 16.0 Å². The minimum Gasteiger partial charge on any atom is -0.351 e. The zero-order chi connectivity index (χ0) is 20.6. The van der Waals surface area contributed by atoms with Crippen molar-refractivity contribution in [2.75, 3.05) is 23.9 Å². The van der Waals surface area contributed by atoms with Crippen LogP contribution in [0, 0.1) is 0 Å². The van der Waals surface area contributed by atoms with Gasteiger partial charge in [-0.2, -0.15) is 4.31 Å². The Balaban J connectivity index is 1.63. The summed E-state index contributed by atoms with van der Waals surface area (Å²) in [6, 6.07) is 5.80. The summed E-state index contributed by atoms with van der Waals surface area (Å²) in [5.41, 5.74) is 1.82. The molecule has 156 valence electrons. The Hall–Kier alpha value is -2.11. The standard InChI is InChI=1S/C18H23N5O4S2/c1-23(29(26,27)14-7-9-28(24,25)12-14)11-17-15(16-4-2-3-8-19-16)10-20-18(22-17)21-13-5-6-13/h2-4,8,10,13-14H,5-7,9,11-12H2,1H3,(H,20,21,22)/t14-/m0/s1. The lowest BCUT2D eigenvalue weighted by molar-refractivity contribution is 0.453. The van der Waals surface area contributed by atoms with Crippen LogP contribution in [0.5, 0.6) is 0 Å². The van der Waals surface area contributed by atoms with Crippen molar-refractivity contribution in [1.82, 2.24) is 19.3 Å². The Morgan fingerprint density at radius 2 is 2.00 bits per heavy atom. The average Bonchev–Trinajstić information content (AvgIpc) is 3.42. The smallest absolute Gasteiger partial charge is 0.223 e. The van der Waals surface area contributed by atoms with Crippen LogP contribution in [0.25, 0.3) is 11.3 Å². The van der Waals surface area contributed by atoms with E-state index < -0.39 is 25.1 Å². The van der Waals surface area contributed by atoms with Gasteiger partial charge in [0.25, 0.3) is 0 Å². The summed E-state index contributed by atoms with van der Waals surface area (Å²) in [6.45, 7) is 0.00660. The predicted octanol–water partition coefficient (Wildman–Crippen LogP) is 1.06. The van der Waals surface area contributed by atoms with Crippen molar-refractivity contribution in [3.63, 3.8) is 0 Å². The fourth-order valence-corrected chi connectivity index (χ4v) is 7.53. The lowest BCUT2D eigenvalue weighted by Crippen LogP contribution is -2.36. The number of hydrogen-bond acceptors (Lipinski definition) is 8. The number of rotatable bonds is 7. The third-order valence-corrected chi connectivity index (χ3v) is 9.36. The molecular weight excluding hydrogens is 414 g/mol. The molecule has 2 fully saturated rings. The van der Waals surface area contributed by atoms with E-state index in [1.165, 1.54) is 11.4 Å². The number of nitrogens with zero attached hydrogens (tertiary/aromatic N) is 4. The van der Waals surface area contributed by atoms with E-state index in [1.807, 2.05) is 12.1 Å². The van der Waals surface area contributed by atoms with Crippen LogP contribution >= 0.6 is 0 Å². The second-order valence-corrected chi connectivity index (χ2v) is 12.1. The fourth-order valence-electron chi connectivity index (χ4n) is 3.30. The lowest BCUT2D eigenvalue weighted by Gasteiger charge is -2.22. The molecule has 1 saturated heterocycles. The van der Waals surface area contributed by atoms with Crippen molar-refractivity contribution in [3.05, 3.63) is 36.3 Å². The number of hydrogen-bond donors (Lipinski definition) is 1. The highest BCUT2D eigenvalue weighted by molar-refractivity contribution is 7.95. The molecule has 0 radical (unpaired) electrons. The number of aromatic nitrogens is 3. The van der Waals surface area contributed by atoms with E-state index in [0.717, 1.165) is 12.8 Å². The van der Waals surface area contributed by atoms with E-state index in [9.17, 15) is 16.8 Å². The van der Waals surface area contributed by atoms with Gasteiger partial charge in [0.05, 0.1) is 34.7 Å². The summed E-state index contributed by atoms with van der Waals surface area (Å²) in [7, 11) is -5.62. The molecule has 9 nitrogen and oxygen atoms in total. The normalized spacial score (nSPS) is 21.4. The van der Waals surface area contributed by atoms with Gasteiger partial charge in [0, 0.05) is 31.0 Å². The summed E-state index contributed by atoms with van der Waals surface area (Å²) in [5, 5.41) is 2.31. The maximum absolute atomic E-state index is 12.9. The van der Waals surface area contributed by atoms with Crippen LogP contribution in [0.3, 0.4) is 0 Å². The molecule has 2 aliphatic rings. The van der Waals surface area contributed by atoms with Gasteiger partial charge in [-0.3, -0.25) is 4.98 Å². The molecule has 2 aromatic rings. The molecular formula is C18H23N5O4S2. The summed E-state index contributed by atoms with van der Waals surface area (Å²) in [6.07, 6.45) is 5.55. The van der Waals surface area contributed by atoms with Gasteiger partial charge in [-0.1, -0.05) is 6.07 Å². The quantitative estimate of drug-likeness (QED) is 0.682. The Labute approximate surface area is 170 Å². The van der Waals surface area contributed by atoms with Crippen molar-refractivity contribution >= 4 is 25.8 Å². The van der Waals surface area contributed by atoms with E-state index in [-0.39, 0.29) is 24.5 Å². The zero-order valence-electron chi connectivity index (χ0n) is 16.0. The zero-order valence-corrected chi connectivity index (χ0v) is 17.7. The highest BCUT2D eigenvalue weighted by Gasteiger charge is 2.39. The third kappa shape index (κ3) is 4.57. The van der Waals surface area contributed by atoms with Crippen LogP contribution in [0.4, 0.5) is 5.95 Å². The SMILES string of the molecule is CN(Cc1nc(NC2CC2)ncc1-c1ccccn1)S(=O)(=O)[C@H]1CCS(=O)(=O)C1. The first kappa shape index (κ1) is 20.2. The van der Waals surface area contributed by atoms with Crippen LogP contribution in [0.1, 0.15) is 25.0 Å². The van der Waals surface area contributed by atoms with Crippen molar-refractivity contribution in [1.29, 1.82) is 0 Å². The predicted molar refractivity (Wildman–Crippen MR) is 109 cm³/mol. The molecule has 1 saturated carbocycles. The van der Waals surface area contributed by atoms with Gasteiger partial charge in [-0.25, -0.2) is 26.8 Å². The summed E-state index contributed by atoms with van der Waals surface area (Å²) in [4.78, 5) is 13.2. The highest BCUT2D eigenvalue weighted by Crippen LogP contribution is 2.27. The van der Waals surface area contributed by atoms with Crippen LogP contribution in [0.15, 0.2) is 30.6 Å². The summed E-state index contributed by atoms with van der Waals surface area (Å²) in [5.74, 6) is 0.0363. The third-order valence-electron chi connectivity index (χ3n) is 5.14. The first-order chi connectivity index (χ1) is 13.7. The molecule has 1 atom stereocenters. The van der Waals surface area contributed by atoms with Crippen LogP contribution in [0.2, 0.25) is 0 Å². The van der Waals surface area contributed by atoms with Crippen molar-refractivity contribution in [2.45, 2.75) is 37.1 Å². The highest BCUT2D eigenvalue weighted by atomic mass is 32.2. The summed E-state index contributed by atoms with van der Waals surface area (Å²) >= 11 is 0. The molecule has 0 spiro atoms. The summed E-state index contributed by atoms with van der Waals surface area (Å²) < 4.78 is 50.5. The second-order valence-electron chi connectivity index (χ2n) is 7.51. The first-order valence-electron chi connectivity index (χ1n) is 9.44. The maximum atomic E-state index is 12.9. The van der Waals surface area contributed by atoms with Crippen molar-refractivity contribution < 1.29 is 16.8 Å². The Kier molecular flexibility index (Phi) is 5.30. The number of pyridine rings is 1. The molecule has 0 amide bonds. The van der Waals surface area contributed by atoms with Gasteiger partial charge in [-0.15, -0.1) is 0 Å². The largest absolute Gasteiger partial charge is 0.351 e. The minimum absolute atomic E-state index is 0.00660. The molecule has 29 heavy (non-hydrogen) atoms. The maximum Gasteiger partial charge on any atom is 0.223 e. The average molecular weight is 438 g/mol. The van der Waals surface area contributed by atoms with Gasteiger partial charge < -0.3 is 5.32 Å². The molecule has 3 heterocycles. The minimum atomic E-state index is -3.78. The number of nitrogens with one attached hydrogen (secondary N) is 1. The van der Waals surface area contributed by atoms with Crippen LogP contribution in [-0.4, -0.2) is 65.9 Å². The van der Waals surface area contributed by atoms with Crippen LogP contribution in [-0.2, 0) is 26.4 Å². The number of sulfone groups is 1. The lowest BCUT2D eigenvalue weighted by atomic mass is 10.1. The van der Waals surface area contributed by atoms with Crippen molar-refractivity contribution in [3.8, 4) is 11.3 Å². The molecule has 2 aromatic heterocycles. The topological polar surface area (TPSA) is 122 Å². The van der Waals surface area contributed by atoms with Gasteiger partial charge in [0.1, 0.15) is 0 Å². The monoisotopic (exact) mass is 437 g/mol. The Morgan fingerprint density at radius 1 is 1.21 bits per heavy atom. The van der Waals surface area contributed by atoms with E-state index >= 15 is 0 Å². The molecule has 1 aliphatic heterocycles. The fraction of sp³-hybridized carbons (Fsp3) is 0.500. The molecule has 0 aromatic carbocycles. The van der Waals surface area contributed by atoms with Gasteiger partial charge in [-0.05, 0) is 31.4 Å². The number of anilines is 1. The molecule has 11 heteroatoms. The molecule has 4 rings (SSSR count). The van der Waals surface area contributed by atoms with Gasteiger partial charge in [0.15, 0.2) is 9.84 Å². The van der Waals surface area contributed by atoms with Crippen LogP contribution < -0.4 is 5.32 Å².